The van der Waals surface area contributed by atoms with Gasteiger partial charge in [0.05, 0.1) is 14.2 Å². The Hall–Kier alpha value is -2.34. The third-order valence-electron chi connectivity index (χ3n) is 3.16. The smallest absolute Gasteiger partial charge is 0.504 e. The second-order valence-corrected chi connectivity index (χ2v) is 5.75. The number of aromatic hydroxyl groups is 2. The van der Waals surface area contributed by atoms with E-state index in [1.807, 2.05) is 0 Å². The van der Waals surface area contributed by atoms with Crippen LogP contribution >= 0.6 is 8.25 Å². The maximum atomic E-state index is 11.8. The van der Waals surface area contributed by atoms with Gasteiger partial charge in [0, 0.05) is 4.57 Å². The van der Waals surface area contributed by atoms with E-state index in [1.54, 1.807) is 24.3 Å². The minimum Gasteiger partial charge on any atom is -0.504 e. The number of methoxy groups -OCH3 is 2. The van der Waals surface area contributed by atoms with E-state index in [0.717, 1.165) is 0 Å². The van der Waals surface area contributed by atoms with E-state index < -0.39 is 8.25 Å². The highest BCUT2D eigenvalue weighted by atomic mass is 31.1. The van der Waals surface area contributed by atoms with Crippen LogP contribution in [-0.4, -0.2) is 24.4 Å². The molecular formula is C16H18O7P+. The van der Waals surface area contributed by atoms with E-state index in [9.17, 15) is 14.8 Å². The lowest BCUT2D eigenvalue weighted by molar-refractivity contribution is 0.212. The summed E-state index contributed by atoms with van der Waals surface area (Å²) < 4.78 is 32.0. The van der Waals surface area contributed by atoms with Crippen LogP contribution in [0.25, 0.3) is 0 Å². The second kappa shape index (κ2) is 8.49. The molecule has 0 fully saturated rings. The average Bonchev–Trinajstić information content (AvgIpc) is 2.60. The molecule has 0 aliphatic carbocycles. The highest BCUT2D eigenvalue weighted by Crippen LogP contribution is 2.32. The number of rotatable bonds is 8. The zero-order valence-corrected chi connectivity index (χ0v) is 14.2. The van der Waals surface area contributed by atoms with E-state index in [0.29, 0.717) is 22.6 Å². The van der Waals surface area contributed by atoms with Gasteiger partial charge in [-0.1, -0.05) is 12.1 Å². The van der Waals surface area contributed by atoms with Crippen molar-refractivity contribution in [3.05, 3.63) is 47.5 Å². The van der Waals surface area contributed by atoms with E-state index in [4.69, 9.17) is 18.5 Å². The molecule has 0 aliphatic heterocycles. The van der Waals surface area contributed by atoms with Crippen LogP contribution in [0.1, 0.15) is 11.1 Å². The molecule has 0 amide bonds. The number of hydrogen-bond donors (Lipinski definition) is 2. The highest BCUT2D eigenvalue weighted by molar-refractivity contribution is 7.33. The Balaban J connectivity index is 1.85. The van der Waals surface area contributed by atoms with Gasteiger partial charge < -0.3 is 19.7 Å². The Bertz CT molecular complexity index is 658. The minimum absolute atomic E-state index is 0.0168. The van der Waals surface area contributed by atoms with Crippen LogP contribution in [0.5, 0.6) is 23.0 Å². The van der Waals surface area contributed by atoms with Gasteiger partial charge in [-0.25, -0.2) is 0 Å². The number of hydrogen-bond acceptors (Lipinski definition) is 7. The molecule has 0 atom stereocenters. The van der Waals surface area contributed by atoms with Crippen LogP contribution in [0.2, 0.25) is 0 Å². The Morgan fingerprint density at radius 2 is 1.25 bits per heavy atom. The summed E-state index contributed by atoms with van der Waals surface area (Å²) in [5, 5.41) is 19.0. The first-order valence-electron chi connectivity index (χ1n) is 6.98. The Labute approximate surface area is 140 Å². The summed E-state index contributed by atoms with van der Waals surface area (Å²) in [5.74, 6) is 0.651. The number of ether oxygens (including phenoxy) is 2. The molecule has 0 unspecified atom stereocenters. The summed E-state index contributed by atoms with van der Waals surface area (Å²) in [6.07, 6.45) is 0. The first kappa shape index (κ1) is 18.0. The van der Waals surface area contributed by atoms with Crippen molar-refractivity contribution in [2.24, 2.45) is 0 Å². The fraction of sp³-hybridized carbons (Fsp3) is 0.250. The predicted molar refractivity (Wildman–Crippen MR) is 86.5 cm³/mol. The number of phenolic OH excluding ortho intramolecular Hbond substituents is 2. The summed E-state index contributed by atoms with van der Waals surface area (Å²) in [5.41, 5.74) is 1.37. The number of phenols is 2. The summed E-state index contributed by atoms with van der Waals surface area (Å²) in [4.78, 5) is 0. The molecule has 7 nitrogen and oxygen atoms in total. The molecule has 0 saturated carbocycles. The monoisotopic (exact) mass is 353 g/mol. The average molecular weight is 353 g/mol. The Kier molecular flexibility index (Phi) is 6.37. The van der Waals surface area contributed by atoms with Crippen LogP contribution in [-0.2, 0) is 26.8 Å². The van der Waals surface area contributed by atoms with Gasteiger partial charge in [0.25, 0.3) is 0 Å². The van der Waals surface area contributed by atoms with E-state index in [-0.39, 0.29) is 24.7 Å². The van der Waals surface area contributed by atoms with Crippen LogP contribution in [0.15, 0.2) is 36.4 Å². The van der Waals surface area contributed by atoms with Gasteiger partial charge in [0.15, 0.2) is 23.0 Å². The third-order valence-corrected chi connectivity index (χ3v) is 3.84. The molecular weight excluding hydrogens is 335 g/mol. The second-order valence-electron chi connectivity index (χ2n) is 4.78. The molecule has 8 heteroatoms. The van der Waals surface area contributed by atoms with Gasteiger partial charge in [0.2, 0.25) is 0 Å². The molecule has 2 aromatic rings. The third kappa shape index (κ3) is 4.83. The van der Waals surface area contributed by atoms with Crippen molar-refractivity contribution in [2.45, 2.75) is 13.2 Å². The maximum Gasteiger partial charge on any atom is 0.698 e. The molecule has 2 N–H and O–H groups in total. The molecule has 2 rings (SSSR count). The summed E-state index contributed by atoms with van der Waals surface area (Å²) in [6.45, 7) is 0.0927. The Morgan fingerprint density at radius 3 is 1.62 bits per heavy atom. The molecule has 0 radical (unpaired) electrons. The van der Waals surface area contributed by atoms with Gasteiger partial charge >= 0.3 is 8.25 Å². The van der Waals surface area contributed by atoms with Crippen molar-refractivity contribution in [1.82, 2.24) is 0 Å². The Morgan fingerprint density at radius 1 is 0.833 bits per heavy atom. The van der Waals surface area contributed by atoms with E-state index in [2.05, 4.69) is 0 Å². The normalized spacial score (nSPS) is 10.4. The highest BCUT2D eigenvalue weighted by Gasteiger charge is 2.21. The van der Waals surface area contributed by atoms with Crippen LogP contribution in [0.3, 0.4) is 0 Å². The summed E-state index contributed by atoms with van der Waals surface area (Å²) >= 11 is 0. The molecule has 24 heavy (non-hydrogen) atoms. The van der Waals surface area contributed by atoms with Crippen molar-refractivity contribution in [3.8, 4) is 23.0 Å². The lowest BCUT2D eigenvalue weighted by Crippen LogP contribution is -1.92. The number of benzene rings is 2. The van der Waals surface area contributed by atoms with E-state index in [1.165, 1.54) is 26.4 Å². The van der Waals surface area contributed by atoms with E-state index >= 15 is 0 Å². The molecule has 0 saturated heterocycles. The summed E-state index contributed by atoms with van der Waals surface area (Å²) in [7, 11) is 0.552. The first-order valence-corrected chi connectivity index (χ1v) is 8.08. The van der Waals surface area contributed by atoms with Crippen molar-refractivity contribution < 1.29 is 33.3 Å². The zero-order valence-electron chi connectivity index (χ0n) is 13.3. The van der Waals surface area contributed by atoms with Gasteiger partial charge in [-0.15, -0.1) is 9.05 Å². The van der Waals surface area contributed by atoms with Crippen LogP contribution in [0, 0.1) is 0 Å². The molecule has 128 valence electrons. The zero-order chi connectivity index (χ0) is 17.5. The molecule has 0 aromatic heterocycles. The quantitative estimate of drug-likeness (QED) is 0.701. The van der Waals surface area contributed by atoms with Crippen molar-refractivity contribution >= 4 is 8.25 Å². The summed E-state index contributed by atoms with van der Waals surface area (Å²) in [6, 6.07) is 9.37. The predicted octanol–water partition coefficient (Wildman–Crippen LogP) is 3.51. The largest absolute Gasteiger partial charge is 0.698 e. The lowest BCUT2D eigenvalue weighted by atomic mass is 10.2. The molecule has 0 heterocycles. The van der Waals surface area contributed by atoms with Crippen molar-refractivity contribution in [2.75, 3.05) is 14.2 Å². The van der Waals surface area contributed by atoms with Gasteiger partial charge in [-0.05, 0) is 35.4 Å². The fourth-order valence-corrected chi connectivity index (χ4v) is 2.50. The van der Waals surface area contributed by atoms with Gasteiger partial charge in [0.1, 0.15) is 13.2 Å². The SMILES string of the molecule is COc1cc(CO[P+](=O)OCc2ccc(O)c(OC)c2)ccc1O. The minimum atomic E-state index is -2.33. The topological polar surface area (TPSA) is 94.5 Å². The van der Waals surface area contributed by atoms with Crippen molar-refractivity contribution in [1.29, 1.82) is 0 Å². The molecule has 0 bridgehead atoms. The van der Waals surface area contributed by atoms with Gasteiger partial charge in [-0.3, -0.25) is 0 Å². The first-order chi connectivity index (χ1) is 11.5. The maximum absolute atomic E-state index is 11.8. The van der Waals surface area contributed by atoms with Crippen LogP contribution < -0.4 is 9.47 Å². The molecule has 2 aromatic carbocycles. The standard InChI is InChI=1S/C16H17O7P/c1-20-15-7-11(3-5-13(15)17)9-22-24(19)23-10-12-4-6-14(18)16(8-12)21-2/h3-8H,9-10H2,1-2H3,(H-,17,18)/p+1. The fourth-order valence-electron chi connectivity index (χ4n) is 1.92. The lowest BCUT2D eigenvalue weighted by Gasteiger charge is -2.04. The van der Waals surface area contributed by atoms with Crippen LogP contribution in [0.4, 0.5) is 0 Å². The molecule has 0 aliphatic rings. The van der Waals surface area contributed by atoms with Gasteiger partial charge in [-0.2, -0.15) is 0 Å². The molecule has 0 spiro atoms. The van der Waals surface area contributed by atoms with Crippen molar-refractivity contribution in [3.63, 3.8) is 0 Å².